The number of hydrogen-bond acceptors (Lipinski definition) is 1. The summed E-state index contributed by atoms with van der Waals surface area (Å²) in [5.41, 5.74) is 1.46. The standard InChI is InChI=1S/C14H14FNO/c1-3-4-7-16-9-13(10(2)17)12-8-11(15)5-6-14(12)16/h3,5-6,8-9H,1,4,7H2,2H3. The first-order valence-corrected chi connectivity index (χ1v) is 5.53. The summed E-state index contributed by atoms with van der Waals surface area (Å²) in [5, 5.41) is 0.682. The number of carbonyl (C=O) groups is 1. The first-order valence-electron chi connectivity index (χ1n) is 5.53. The van der Waals surface area contributed by atoms with Gasteiger partial charge >= 0.3 is 0 Å². The van der Waals surface area contributed by atoms with E-state index in [1.807, 2.05) is 10.6 Å². The minimum atomic E-state index is -0.318. The largest absolute Gasteiger partial charge is 0.346 e. The van der Waals surface area contributed by atoms with Gasteiger partial charge in [-0.2, -0.15) is 0 Å². The van der Waals surface area contributed by atoms with Crippen LogP contribution in [-0.4, -0.2) is 10.4 Å². The molecule has 0 amide bonds. The Kier molecular flexibility index (Phi) is 3.09. The first-order chi connectivity index (χ1) is 8.13. The van der Waals surface area contributed by atoms with Gasteiger partial charge in [-0.1, -0.05) is 6.08 Å². The highest BCUT2D eigenvalue weighted by Gasteiger charge is 2.12. The van der Waals surface area contributed by atoms with E-state index >= 15 is 0 Å². The third-order valence-electron chi connectivity index (χ3n) is 2.80. The van der Waals surface area contributed by atoms with Gasteiger partial charge in [-0.3, -0.25) is 4.79 Å². The van der Waals surface area contributed by atoms with Crippen molar-refractivity contribution in [3.05, 3.63) is 48.4 Å². The Balaban J connectivity index is 2.61. The lowest BCUT2D eigenvalue weighted by Gasteiger charge is -2.02. The molecule has 0 fully saturated rings. The maximum atomic E-state index is 13.2. The van der Waals surface area contributed by atoms with Gasteiger partial charge in [0.25, 0.3) is 0 Å². The molecule has 0 bridgehead atoms. The monoisotopic (exact) mass is 231 g/mol. The summed E-state index contributed by atoms with van der Waals surface area (Å²) in [6, 6.07) is 4.54. The molecule has 1 heterocycles. The maximum absolute atomic E-state index is 13.2. The van der Waals surface area contributed by atoms with Gasteiger partial charge in [0.2, 0.25) is 0 Å². The molecule has 0 saturated carbocycles. The zero-order valence-electron chi connectivity index (χ0n) is 9.74. The van der Waals surface area contributed by atoms with E-state index in [0.29, 0.717) is 10.9 Å². The second-order valence-electron chi connectivity index (χ2n) is 4.03. The number of allylic oxidation sites excluding steroid dienone is 1. The number of rotatable bonds is 4. The molecule has 0 aliphatic rings. The summed E-state index contributed by atoms with van der Waals surface area (Å²) < 4.78 is 15.2. The molecule has 0 unspecified atom stereocenters. The molecule has 1 aromatic heterocycles. The van der Waals surface area contributed by atoms with Gasteiger partial charge in [0.15, 0.2) is 5.78 Å². The minimum absolute atomic E-state index is 0.0436. The van der Waals surface area contributed by atoms with Crippen molar-refractivity contribution >= 4 is 16.7 Å². The summed E-state index contributed by atoms with van der Waals surface area (Å²) in [7, 11) is 0. The summed E-state index contributed by atoms with van der Waals surface area (Å²) in [6.07, 6.45) is 4.43. The quantitative estimate of drug-likeness (QED) is 0.582. The second kappa shape index (κ2) is 4.53. The van der Waals surface area contributed by atoms with Crippen molar-refractivity contribution in [1.82, 2.24) is 4.57 Å². The molecule has 2 rings (SSSR count). The van der Waals surface area contributed by atoms with Gasteiger partial charge in [-0.15, -0.1) is 6.58 Å². The Hall–Kier alpha value is -1.90. The van der Waals surface area contributed by atoms with Crippen LogP contribution in [0.15, 0.2) is 37.1 Å². The SMILES string of the molecule is C=CCCn1cc(C(C)=O)c2cc(F)ccc21. The number of halogens is 1. The Morgan fingerprint density at radius 1 is 1.53 bits per heavy atom. The number of aryl methyl sites for hydroxylation is 1. The summed E-state index contributed by atoms with van der Waals surface area (Å²) in [4.78, 5) is 11.5. The predicted octanol–water partition coefficient (Wildman–Crippen LogP) is 3.56. The third-order valence-corrected chi connectivity index (χ3v) is 2.80. The van der Waals surface area contributed by atoms with Crippen LogP contribution in [0.5, 0.6) is 0 Å². The molecule has 88 valence electrons. The fourth-order valence-corrected chi connectivity index (χ4v) is 1.97. The van der Waals surface area contributed by atoms with Crippen LogP contribution in [0.2, 0.25) is 0 Å². The van der Waals surface area contributed by atoms with Crippen molar-refractivity contribution in [3.8, 4) is 0 Å². The number of fused-ring (bicyclic) bond motifs is 1. The Labute approximate surface area is 99.4 Å². The molecule has 17 heavy (non-hydrogen) atoms. The van der Waals surface area contributed by atoms with Crippen molar-refractivity contribution in [2.75, 3.05) is 0 Å². The lowest BCUT2D eigenvalue weighted by atomic mass is 10.1. The maximum Gasteiger partial charge on any atom is 0.161 e. The van der Waals surface area contributed by atoms with Crippen LogP contribution < -0.4 is 0 Å². The molecule has 2 nitrogen and oxygen atoms in total. The van der Waals surface area contributed by atoms with Gasteiger partial charge in [-0.05, 0) is 31.5 Å². The van der Waals surface area contributed by atoms with Crippen molar-refractivity contribution in [2.45, 2.75) is 19.9 Å². The van der Waals surface area contributed by atoms with E-state index in [0.717, 1.165) is 18.5 Å². The van der Waals surface area contributed by atoms with E-state index in [9.17, 15) is 9.18 Å². The van der Waals surface area contributed by atoms with Crippen LogP contribution in [0, 0.1) is 5.82 Å². The number of nitrogens with zero attached hydrogens (tertiary/aromatic N) is 1. The number of ketones is 1. The molecular formula is C14H14FNO. The molecule has 0 saturated heterocycles. The Bertz CT molecular complexity index is 583. The van der Waals surface area contributed by atoms with Crippen molar-refractivity contribution in [1.29, 1.82) is 0 Å². The molecule has 0 N–H and O–H groups in total. The van der Waals surface area contributed by atoms with Crippen LogP contribution in [0.3, 0.4) is 0 Å². The van der Waals surface area contributed by atoms with Gasteiger partial charge in [0, 0.05) is 29.2 Å². The number of hydrogen-bond donors (Lipinski definition) is 0. The minimum Gasteiger partial charge on any atom is -0.346 e. The van der Waals surface area contributed by atoms with Gasteiger partial charge < -0.3 is 4.57 Å². The third kappa shape index (κ3) is 2.13. The highest BCUT2D eigenvalue weighted by atomic mass is 19.1. The summed E-state index contributed by atoms with van der Waals surface area (Å²) in [5.74, 6) is -0.362. The zero-order chi connectivity index (χ0) is 12.4. The lowest BCUT2D eigenvalue weighted by Crippen LogP contribution is -1.94. The fourth-order valence-electron chi connectivity index (χ4n) is 1.97. The number of Topliss-reactive ketones (excluding diaryl/α,β-unsaturated/α-hetero) is 1. The average molecular weight is 231 g/mol. The summed E-state index contributed by atoms with van der Waals surface area (Å²) >= 11 is 0. The number of carbonyl (C=O) groups excluding carboxylic acids is 1. The lowest BCUT2D eigenvalue weighted by molar-refractivity contribution is 0.101. The van der Waals surface area contributed by atoms with E-state index in [1.54, 1.807) is 12.3 Å². The number of aromatic nitrogens is 1. The highest BCUT2D eigenvalue weighted by molar-refractivity contribution is 6.06. The molecule has 2 aromatic rings. The normalized spacial score (nSPS) is 10.7. The van der Waals surface area contributed by atoms with Crippen molar-refractivity contribution in [2.24, 2.45) is 0 Å². The van der Waals surface area contributed by atoms with E-state index in [1.165, 1.54) is 19.1 Å². The zero-order valence-corrected chi connectivity index (χ0v) is 9.74. The molecule has 1 aromatic carbocycles. The molecule has 0 aliphatic heterocycles. The topological polar surface area (TPSA) is 22.0 Å². The molecular weight excluding hydrogens is 217 g/mol. The summed E-state index contributed by atoms with van der Waals surface area (Å²) in [6.45, 7) is 5.92. The van der Waals surface area contributed by atoms with Gasteiger partial charge in [-0.25, -0.2) is 4.39 Å². The van der Waals surface area contributed by atoms with Crippen LogP contribution in [-0.2, 0) is 6.54 Å². The first kappa shape index (κ1) is 11.6. The van der Waals surface area contributed by atoms with Gasteiger partial charge in [0.05, 0.1) is 0 Å². The van der Waals surface area contributed by atoms with E-state index in [2.05, 4.69) is 6.58 Å². The predicted molar refractivity (Wildman–Crippen MR) is 66.7 cm³/mol. The fraction of sp³-hybridized carbons (Fsp3) is 0.214. The van der Waals surface area contributed by atoms with E-state index in [4.69, 9.17) is 0 Å². The average Bonchev–Trinajstić information content (AvgIpc) is 2.64. The smallest absolute Gasteiger partial charge is 0.161 e. The van der Waals surface area contributed by atoms with Crippen LogP contribution in [0.25, 0.3) is 10.9 Å². The van der Waals surface area contributed by atoms with Crippen LogP contribution in [0.1, 0.15) is 23.7 Å². The van der Waals surface area contributed by atoms with Gasteiger partial charge in [0.1, 0.15) is 5.82 Å². The van der Waals surface area contributed by atoms with E-state index < -0.39 is 0 Å². The molecule has 0 spiro atoms. The van der Waals surface area contributed by atoms with Crippen molar-refractivity contribution in [3.63, 3.8) is 0 Å². The van der Waals surface area contributed by atoms with Crippen molar-refractivity contribution < 1.29 is 9.18 Å². The highest BCUT2D eigenvalue weighted by Crippen LogP contribution is 2.23. The molecule has 3 heteroatoms. The Morgan fingerprint density at radius 2 is 2.29 bits per heavy atom. The van der Waals surface area contributed by atoms with E-state index in [-0.39, 0.29) is 11.6 Å². The Morgan fingerprint density at radius 3 is 2.94 bits per heavy atom. The number of benzene rings is 1. The second-order valence-corrected chi connectivity index (χ2v) is 4.03. The molecule has 0 radical (unpaired) electrons. The molecule has 0 aliphatic carbocycles. The van der Waals surface area contributed by atoms with Crippen LogP contribution in [0.4, 0.5) is 4.39 Å². The molecule has 0 atom stereocenters. The van der Waals surface area contributed by atoms with Crippen LogP contribution >= 0.6 is 0 Å².